The predicted molar refractivity (Wildman–Crippen MR) is 133 cm³/mol. The van der Waals surface area contributed by atoms with E-state index in [1.807, 2.05) is 36.4 Å². The van der Waals surface area contributed by atoms with E-state index in [9.17, 15) is 9.59 Å². The number of hydrazone groups is 1. The van der Waals surface area contributed by atoms with E-state index < -0.39 is 11.9 Å². The lowest BCUT2D eigenvalue weighted by Crippen LogP contribution is -2.24. The molecule has 0 aliphatic rings. The first-order valence-electron chi connectivity index (χ1n) is 10.2. The first-order chi connectivity index (χ1) is 16.5. The zero-order valence-electron chi connectivity index (χ0n) is 17.7. The minimum absolute atomic E-state index is 0.238. The number of nitrogens with zero attached hydrogens (tertiary/aromatic N) is 1. The van der Waals surface area contributed by atoms with Gasteiger partial charge in [-0.3, -0.25) is 4.79 Å². The average molecular weight is 493 g/mol. The van der Waals surface area contributed by atoms with Gasteiger partial charge >= 0.3 is 5.97 Å². The summed E-state index contributed by atoms with van der Waals surface area (Å²) in [5.74, 6) is -0.203. The van der Waals surface area contributed by atoms with E-state index in [4.69, 9.17) is 32.7 Å². The number of hydrogen-bond donors (Lipinski definition) is 1. The summed E-state index contributed by atoms with van der Waals surface area (Å²) < 4.78 is 10.9. The molecule has 8 heteroatoms. The number of rotatable bonds is 7. The molecule has 0 spiro atoms. The Kier molecular flexibility index (Phi) is 7.42. The van der Waals surface area contributed by atoms with Crippen molar-refractivity contribution in [2.75, 3.05) is 6.61 Å². The van der Waals surface area contributed by atoms with Crippen molar-refractivity contribution >= 4 is 52.1 Å². The summed E-state index contributed by atoms with van der Waals surface area (Å²) in [5, 5.41) is 6.26. The number of carbonyl (C=O) groups excluding carboxylic acids is 2. The molecule has 4 rings (SSSR count). The number of carbonyl (C=O) groups is 2. The minimum Gasteiger partial charge on any atom is -0.482 e. The topological polar surface area (TPSA) is 77.0 Å². The van der Waals surface area contributed by atoms with Crippen LogP contribution in [0.1, 0.15) is 15.9 Å². The number of amides is 1. The summed E-state index contributed by atoms with van der Waals surface area (Å²) in [6, 6.07) is 24.7. The maximum atomic E-state index is 12.6. The van der Waals surface area contributed by atoms with Crippen LogP contribution >= 0.6 is 23.2 Å². The van der Waals surface area contributed by atoms with Crippen LogP contribution in [0.25, 0.3) is 10.8 Å². The molecular formula is C26H18Cl2N2O4. The van der Waals surface area contributed by atoms with E-state index in [0.29, 0.717) is 27.6 Å². The fourth-order valence-corrected chi connectivity index (χ4v) is 3.48. The molecule has 6 nitrogen and oxygen atoms in total. The van der Waals surface area contributed by atoms with Crippen LogP contribution in [0.2, 0.25) is 10.0 Å². The first-order valence-corrected chi connectivity index (χ1v) is 11.0. The molecule has 0 saturated carbocycles. The van der Waals surface area contributed by atoms with Gasteiger partial charge < -0.3 is 9.47 Å². The minimum atomic E-state index is -0.465. The van der Waals surface area contributed by atoms with Gasteiger partial charge in [0.05, 0.1) is 16.8 Å². The Morgan fingerprint density at radius 3 is 2.44 bits per heavy atom. The molecule has 0 unspecified atom stereocenters. The zero-order chi connectivity index (χ0) is 23.9. The molecular weight excluding hydrogens is 475 g/mol. The van der Waals surface area contributed by atoms with Crippen LogP contribution in [0.4, 0.5) is 0 Å². The highest BCUT2D eigenvalue weighted by Crippen LogP contribution is 2.31. The number of esters is 1. The number of halogens is 2. The van der Waals surface area contributed by atoms with Gasteiger partial charge in [-0.2, -0.15) is 5.10 Å². The molecule has 1 N–H and O–H groups in total. The maximum absolute atomic E-state index is 12.6. The lowest BCUT2D eigenvalue weighted by atomic mass is 10.0. The lowest BCUT2D eigenvalue weighted by molar-refractivity contribution is -0.123. The summed E-state index contributed by atoms with van der Waals surface area (Å²) in [5.41, 5.74) is 3.56. The fourth-order valence-electron chi connectivity index (χ4n) is 3.14. The zero-order valence-corrected chi connectivity index (χ0v) is 19.2. The third-order valence-corrected chi connectivity index (χ3v) is 5.58. The van der Waals surface area contributed by atoms with Gasteiger partial charge in [0, 0.05) is 0 Å². The van der Waals surface area contributed by atoms with Gasteiger partial charge in [0.15, 0.2) is 6.61 Å². The molecule has 0 aromatic heterocycles. The third-order valence-electron chi connectivity index (χ3n) is 4.78. The monoisotopic (exact) mass is 492 g/mol. The quantitative estimate of drug-likeness (QED) is 0.151. The van der Waals surface area contributed by atoms with Crippen molar-refractivity contribution in [1.82, 2.24) is 5.43 Å². The number of ether oxygens (including phenoxy) is 2. The second-order valence-corrected chi connectivity index (χ2v) is 7.90. The van der Waals surface area contributed by atoms with Gasteiger partial charge in [0.1, 0.15) is 16.5 Å². The molecule has 0 radical (unpaired) electrons. The molecule has 34 heavy (non-hydrogen) atoms. The molecule has 170 valence electrons. The summed E-state index contributed by atoms with van der Waals surface area (Å²) in [6.45, 7) is -0.277. The Bertz CT molecular complexity index is 1370. The third kappa shape index (κ3) is 5.73. The smallest absolute Gasteiger partial charge is 0.344 e. The molecule has 0 atom stereocenters. The Hall–Kier alpha value is -3.87. The SMILES string of the molecule is O=C(COc1cccc(Cl)c1Cl)N/N=C/c1ccc(OC(=O)c2cccc3ccccc23)cc1. The van der Waals surface area contributed by atoms with Crippen LogP contribution in [0.3, 0.4) is 0 Å². The molecule has 4 aromatic rings. The van der Waals surface area contributed by atoms with Gasteiger partial charge in [-0.25, -0.2) is 10.2 Å². The highest BCUT2D eigenvalue weighted by atomic mass is 35.5. The van der Waals surface area contributed by atoms with E-state index in [0.717, 1.165) is 10.8 Å². The van der Waals surface area contributed by atoms with Crippen LogP contribution in [0, 0.1) is 0 Å². The second-order valence-electron chi connectivity index (χ2n) is 7.12. The van der Waals surface area contributed by atoms with E-state index in [1.165, 1.54) is 6.21 Å². The van der Waals surface area contributed by atoms with Crippen molar-refractivity contribution in [3.8, 4) is 11.5 Å². The number of hydrogen-bond acceptors (Lipinski definition) is 5. The van der Waals surface area contributed by atoms with Crippen molar-refractivity contribution in [2.24, 2.45) is 5.10 Å². The van der Waals surface area contributed by atoms with Gasteiger partial charge in [0.2, 0.25) is 0 Å². The number of benzene rings is 4. The number of nitrogens with one attached hydrogen (secondary N) is 1. The largest absolute Gasteiger partial charge is 0.482 e. The van der Waals surface area contributed by atoms with Crippen LogP contribution in [0.15, 0.2) is 90.0 Å². The Morgan fingerprint density at radius 2 is 1.62 bits per heavy atom. The molecule has 1 amide bonds. The standard InChI is InChI=1S/C26H18Cl2N2O4/c27-22-9-4-10-23(25(22)28)33-16-24(31)30-29-15-17-11-13-19(14-12-17)34-26(32)21-8-3-6-18-5-1-2-7-20(18)21/h1-15H,16H2,(H,30,31)/b29-15+. The summed E-state index contributed by atoms with van der Waals surface area (Å²) in [7, 11) is 0. The summed E-state index contributed by atoms with van der Waals surface area (Å²) >= 11 is 11.9. The predicted octanol–water partition coefficient (Wildman–Crippen LogP) is 5.89. The maximum Gasteiger partial charge on any atom is 0.344 e. The van der Waals surface area contributed by atoms with Crippen molar-refractivity contribution < 1.29 is 19.1 Å². The Balaban J connectivity index is 1.30. The fraction of sp³-hybridized carbons (Fsp3) is 0.0385. The van der Waals surface area contributed by atoms with Crippen LogP contribution in [-0.2, 0) is 4.79 Å². The first kappa shape index (κ1) is 23.3. The lowest BCUT2D eigenvalue weighted by Gasteiger charge is -2.08. The molecule has 0 bridgehead atoms. The van der Waals surface area contributed by atoms with Crippen molar-refractivity contribution in [3.63, 3.8) is 0 Å². The van der Waals surface area contributed by atoms with Gasteiger partial charge in [0.25, 0.3) is 5.91 Å². The summed E-state index contributed by atoms with van der Waals surface area (Å²) in [4.78, 5) is 24.6. The van der Waals surface area contributed by atoms with Crippen LogP contribution in [-0.4, -0.2) is 24.7 Å². The second kappa shape index (κ2) is 10.8. The molecule has 0 fully saturated rings. The number of fused-ring (bicyclic) bond motifs is 1. The van der Waals surface area contributed by atoms with E-state index >= 15 is 0 Å². The highest BCUT2D eigenvalue weighted by Gasteiger charge is 2.12. The van der Waals surface area contributed by atoms with E-state index in [1.54, 1.807) is 48.5 Å². The molecule has 0 aliphatic carbocycles. The molecule has 0 saturated heterocycles. The van der Waals surface area contributed by atoms with Gasteiger partial charge in [-0.15, -0.1) is 0 Å². The van der Waals surface area contributed by atoms with Gasteiger partial charge in [-0.1, -0.05) is 65.7 Å². The van der Waals surface area contributed by atoms with Crippen molar-refractivity contribution in [3.05, 3.63) is 106 Å². The Morgan fingerprint density at radius 1 is 0.882 bits per heavy atom. The van der Waals surface area contributed by atoms with E-state index in [2.05, 4.69) is 10.5 Å². The molecule has 4 aromatic carbocycles. The summed E-state index contributed by atoms with van der Waals surface area (Å²) in [6.07, 6.45) is 1.46. The van der Waals surface area contributed by atoms with Crippen LogP contribution < -0.4 is 14.9 Å². The van der Waals surface area contributed by atoms with Crippen molar-refractivity contribution in [1.29, 1.82) is 0 Å². The normalized spacial score (nSPS) is 10.9. The van der Waals surface area contributed by atoms with E-state index in [-0.39, 0.29) is 11.6 Å². The average Bonchev–Trinajstić information content (AvgIpc) is 2.85. The molecule has 0 aliphatic heterocycles. The highest BCUT2D eigenvalue weighted by molar-refractivity contribution is 6.42. The van der Waals surface area contributed by atoms with Gasteiger partial charge in [-0.05, 0) is 58.8 Å². The Labute approximate surface area is 205 Å². The van der Waals surface area contributed by atoms with Crippen LogP contribution in [0.5, 0.6) is 11.5 Å². The molecule has 0 heterocycles. The van der Waals surface area contributed by atoms with Crippen molar-refractivity contribution in [2.45, 2.75) is 0 Å².